The molecule has 0 amide bonds. The van der Waals surface area contributed by atoms with Gasteiger partial charge in [0.05, 0.1) is 22.5 Å². The van der Waals surface area contributed by atoms with Crippen LogP contribution in [-0.4, -0.2) is 5.78 Å². The van der Waals surface area contributed by atoms with Gasteiger partial charge in [0.25, 0.3) is 0 Å². The zero-order valence-electron chi connectivity index (χ0n) is 26.3. The molecule has 2 heteroatoms. The van der Waals surface area contributed by atoms with Crippen molar-refractivity contribution in [2.75, 3.05) is 4.90 Å². The number of carbonyl (C=O) groups excluding carboxylic acids is 1. The zero-order chi connectivity index (χ0) is 31.5. The van der Waals surface area contributed by atoms with Crippen molar-refractivity contribution in [1.82, 2.24) is 0 Å². The maximum atomic E-state index is 14.4. The van der Waals surface area contributed by atoms with Crippen LogP contribution in [0.25, 0.3) is 21.9 Å². The van der Waals surface area contributed by atoms with E-state index in [9.17, 15) is 4.79 Å². The first kappa shape index (κ1) is 26.5. The first-order chi connectivity index (χ1) is 23.0. The minimum Gasteiger partial charge on any atom is -0.309 e. The van der Waals surface area contributed by atoms with E-state index in [0.29, 0.717) is 0 Å². The molecule has 1 heterocycles. The molecule has 0 N–H and O–H groups in total. The highest BCUT2D eigenvalue weighted by atomic mass is 16.1. The first-order valence-electron chi connectivity index (χ1n) is 16.4. The second-order valence-electron chi connectivity index (χ2n) is 13.6. The molecule has 7 aromatic rings. The molecule has 0 radical (unpaired) electrons. The summed E-state index contributed by atoms with van der Waals surface area (Å²) >= 11 is 0. The van der Waals surface area contributed by atoms with E-state index < -0.39 is 5.41 Å². The van der Waals surface area contributed by atoms with Gasteiger partial charge in [0.1, 0.15) is 0 Å². The maximum Gasteiger partial charge on any atom is 0.193 e. The number of para-hydroxylation sites is 2. The Morgan fingerprint density at radius 3 is 1.70 bits per heavy atom. The Labute approximate surface area is 274 Å². The number of nitrogens with zero attached hydrogens (tertiary/aromatic N) is 1. The number of rotatable bonds is 1. The van der Waals surface area contributed by atoms with Crippen molar-refractivity contribution >= 4 is 33.6 Å². The number of hydrogen-bond acceptors (Lipinski definition) is 2. The Kier molecular flexibility index (Phi) is 5.17. The lowest BCUT2D eigenvalue weighted by Crippen LogP contribution is -2.37. The van der Waals surface area contributed by atoms with Crippen molar-refractivity contribution in [2.45, 2.75) is 24.7 Å². The van der Waals surface area contributed by atoms with E-state index in [0.717, 1.165) is 39.3 Å². The predicted molar refractivity (Wildman–Crippen MR) is 191 cm³/mol. The summed E-state index contributed by atoms with van der Waals surface area (Å²) in [5, 5.41) is 2.42. The van der Waals surface area contributed by atoms with E-state index >= 15 is 0 Å². The van der Waals surface area contributed by atoms with E-state index in [1.54, 1.807) is 0 Å². The van der Waals surface area contributed by atoms with Crippen molar-refractivity contribution in [1.29, 1.82) is 0 Å². The third-order valence-electron chi connectivity index (χ3n) is 11.1. The highest BCUT2D eigenvalue weighted by molar-refractivity contribution is 6.14. The van der Waals surface area contributed by atoms with Crippen LogP contribution < -0.4 is 4.90 Å². The van der Waals surface area contributed by atoms with Crippen LogP contribution in [0.1, 0.15) is 63.1 Å². The van der Waals surface area contributed by atoms with Crippen molar-refractivity contribution < 1.29 is 4.79 Å². The fourth-order valence-electron chi connectivity index (χ4n) is 9.03. The minimum atomic E-state index is -0.601. The molecule has 1 aliphatic heterocycles. The molecule has 0 bridgehead atoms. The second kappa shape index (κ2) is 9.18. The molecular formula is C45H31NO. The molecule has 10 rings (SSSR count). The van der Waals surface area contributed by atoms with Gasteiger partial charge in [-0.05, 0) is 80.2 Å². The molecule has 7 aromatic carbocycles. The van der Waals surface area contributed by atoms with E-state index in [4.69, 9.17) is 0 Å². The van der Waals surface area contributed by atoms with E-state index in [2.05, 4.69) is 152 Å². The van der Waals surface area contributed by atoms with Crippen LogP contribution >= 0.6 is 0 Å². The highest BCUT2D eigenvalue weighted by Crippen LogP contribution is 2.64. The average molecular weight is 602 g/mol. The van der Waals surface area contributed by atoms with Crippen LogP contribution in [0.2, 0.25) is 0 Å². The lowest BCUT2D eigenvalue weighted by molar-refractivity contribution is 0.103. The maximum absolute atomic E-state index is 14.4. The Hall–Kier alpha value is -5.73. The molecule has 1 spiro atoms. The van der Waals surface area contributed by atoms with Crippen molar-refractivity contribution in [3.05, 3.63) is 196 Å². The summed E-state index contributed by atoms with van der Waals surface area (Å²) in [4.78, 5) is 16.8. The van der Waals surface area contributed by atoms with Gasteiger partial charge < -0.3 is 4.90 Å². The monoisotopic (exact) mass is 601 g/mol. The Morgan fingerprint density at radius 1 is 0.426 bits per heavy atom. The van der Waals surface area contributed by atoms with Gasteiger partial charge in [0, 0.05) is 21.9 Å². The lowest BCUT2D eigenvalue weighted by atomic mass is 9.63. The molecule has 0 fully saturated rings. The highest BCUT2D eigenvalue weighted by Gasteiger charge is 2.53. The molecule has 0 saturated carbocycles. The van der Waals surface area contributed by atoms with Gasteiger partial charge in [-0.1, -0.05) is 135 Å². The van der Waals surface area contributed by atoms with Crippen LogP contribution in [-0.2, 0) is 10.8 Å². The van der Waals surface area contributed by atoms with Crippen molar-refractivity contribution in [3.63, 3.8) is 0 Å². The molecule has 222 valence electrons. The van der Waals surface area contributed by atoms with Gasteiger partial charge in [-0.15, -0.1) is 0 Å². The molecule has 47 heavy (non-hydrogen) atoms. The topological polar surface area (TPSA) is 20.3 Å². The summed E-state index contributed by atoms with van der Waals surface area (Å²) in [6.45, 7) is 4.51. The van der Waals surface area contributed by atoms with Crippen LogP contribution in [0.3, 0.4) is 0 Å². The second-order valence-corrected chi connectivity index (χ2v) is 13.6. The van der Waals surface area contributed by atoms with E-state index in [1.165, 1.54) is 44.2 Å². The number of benzene rings is 7. The third-order valence-corrected chi connectivity index (χ3v) is 11.1. The van der Waals surface area contributed by atoms with Crippen molar-refractivity contribution in [2.24, 2.45) is 0 Å². The number of fused-ring (bicyclic) bond motifs is 12. The quantitative estimate of drug-likeness (QED) is 0.187. The number of carbonyl (C=O) groups is 1. The molecule has 0 unspecified atom stereocenters. The summed E-state index contributed by atoms with van der Waals surface area (Å²) in [5.74, 6) is 0.110. The Balaban J connectivity index is 1.33. The Morgan fingerprint density at radius 2 is 0.957 bits per heavy atom. The van der Waals surface area contributed by atoms with E-state index in [1.807, 2.05) is 18.2 Å². The molecular weight excluding hydrogens is 571 g/mol. The average Bonchev–Trinajstić information content (AvgIpc) is 3.40. The van der Waals surface area contributed by atoms with Gasteiger partial charge in [-0.2, -0.15) is 0 Å². The molecule has 3 aliphatic rings. The van der Waals surface area contributed by atoms with Gasteiger partial charge in [-0.25, -0.2) is 0 Å². The molecule has 0 aromatic heterocycles. The fraction of sp³-hybridized carbons (Fsp3) is 0.0889. The summed E-state index contributed by atoms with van der Waals surface area (Å²) in [5.41, 5.74) is 13.7. The predicted octanol–water partition coefficient (Wildman–Crippen LogP) is 10.9. The molecule has 0 saturated heterocycles. The summed E-state index contributed by atoms with van der Waals surface area (Å²) in [6, 6.07) is 54.6. The van der Waals surface area contributed by atoms with Crippen LogP contribution in [0.5, 0.6) is 0 Å². The standard InChI is InChI=1S/C45H31NO/c1-44(2)34-19-7-6-18-31(34)43(47)33-27-39-32(26-38(33)44)30-17-5-8-20-35(30)45(39)36-21-9-11-23-41(36)46(42-24-12-10-22-37(42)45)40-25-13-15-28-14-3-4-16-29(28)40/h3-27H,1-2H3. The van der Waals surface area contributed by atoms with E-state index in [-0.39, 0.29) is 11.2 Å². The zero-order valence-corrected chi connectivity index (χ0v) is 26.3. The normalized spacial score (nSPS) is 15.8. The Bertz CT molecular complexity index is 2430. The van der Waals surface area contributed by atoms with Gasteiger partial charge in [-0.3, -0.25) is 4.79 Å². The van der Waals surface area contributed by atoms with Gasteiger partial charge >= 0.3 is 0 Å². The van der Waals surface area contributed by atoms with Crippen LogP contribution in [0.4, 0.5) is 17.1 Å². The molecule has 2 aliphatic carbocycles. The van der Waals surface area contributed by atoms with Gasteiger partial charge in [0.15, 0.2) is 5.78 Å². The summed E-state index contributed by atoms with van der Waals surface area (Å²) in [6.07, 6.45) is 0. The number of anilines is 3. The third kappa shape index (κ3) is 3.22. The molecule has 0 atom stereocenters. The summed E-state index contributed by atoms with van der Waals surface area (Å²) < 4.78 is 0. The minimum absolute atomic E-state index is 0.110. The van der Waals surface area contributed by atoms with Crippen LogP contribution in [0.15, 0.2) is 152 Å². The van der Waals surface area contributed by atoms with Gasteiger partial charge in [0.2, 0.25) is 0 Å². The fourth-order valence-corrected chi connectivity index (χ4v) is 9.03. The van der Waals surface area contributed by atoms with Crippen LogP contribution in [0, 0.1) is 0 Å². The summed E-state index contributed by atoms with van der Waals surface area (Å²) in [7, 11) is 0. The lowest BCUT2D eigenvalue weighted by Gasteiger charge is -2.45. The van der Waals surface area contributed by atoms with Crippen molar-refractivity contribution in [3.8, 4) is 11.1 Å². The largest absolute Gasteiger partial charge is 0.309 e. The molecule has 2 nitrogen and oxygen atoms in total. The first-order valence-corrected chi connectivity index (χ1v) is 16.4. The number of hydrogen-bond donors (Lipinski definition) is 0. The SMILES string of the molecule is CC1(C)c2ccccc2C(=O)c2cc3c(cc21)-c1ccccc1C31c2ccccc2N(c2cccc3ccccc23)c2ccccc21. The number of ketones is 1. The smallest absolute Gasteiger partial charge is 0.193 e.